The molecule has 2 heterocycles. The molecule has 2 aliphatic rings. The third kappa shape index (κ3) is 3.93. The van der Waals surface area contributed by atoms with Gasteiger partial charge in [0.25, 0.3) is 5.91 Å². The molecular weight excluding hydrogens is 395 g/mol. The number of carbonyl (C=O) groups is 2. The van der Waals surface area contributed by atoms with Gasteiger partial charge in [0, 0.05) is 32.2 Å². The van der Waals surface area contributed by atoms with Gasteiger partial charge in [-0.15, -0.1) is 12.4 Å². The fourth-order valence-electron chi connectivity index (χ4n) is 3.82. The fraction of sp³-hybridized carbons (Fsp3) is 0.333. The van der Waals surface area contributed by atoms with Crippen LogP contribution in [-0.2, 0) is 4.79 Å². The molecule has 0 spiro atoms. The number of carbonyl (C=O) groups excluding carboxylic acids is 2. The van der Waals surface area contributed by atoms with Gasteiger partial charge in [-0.3, -0.25) is 9.59 Å². The van der Waals surface area contributed by atoms with Crippen molar-refractivity contribution in [3.05, 3.63) is 59.4 Å². The van der Waals surface area contributed by atoms with Crippen molar-refractivity contribution < 1.29 is 14.0 Å². The van der Waals surface area contributed by atoms with E-state index in [9.17, 15) is 14.0 Å². The Morgan fingerprint density at radius 1 is 1.21 bits per heavy atom. The lowest BCUT2D eigenvalue weighted by Gasteiger charge is -2.37. The molecule has 2 aromatic carbocycles. The van der Waals surface area contributed by atoms with Gasteiger partial charge in [-0.1, -0.05) is 12.1 Å². The standard InChI is InChI=1S/C21H23FN4O2.ClH/c1-13-20(27)24-17-11-15(6-7-18(17)25(13)2)21(28)26-9-8-23-12-19(26)14-4-3-5-16(22)10-14;/h3-7,10-11,13,19,23H,8-9,12H2,1-2H3,(H,24,27);1H. The van der Waals surface area contributed by atoms with Gasteiger partial charge in [0.2, 0.25) is 5.91 Å². The number of halogens is 2. The molecule has 2 unspecified atom stereocenters. The average molecular weight is 419 g/mol. The van der Waals surface area contributed by atoms with Crippen molar-refractivity contribution in [1.82, 2.24) is 10.2 Å². The number of anilines is 2. The van der Waals surface area contributed by atoms with Crippen LogP contribution in [0.3, 0.4) is 0 Å². The molecule has 0 radical (unpaired) electrons. The number of likely N-dealkylation sites (N-methyl/N-ethyl adjacent to an activating group) is 1. The van der Waals surface area contributed by atoms with E-state index in [0.29, 0.717) is 30.9 Å². The summed E-state index contributed by atoms with van der Waals surface area (Å²) in [5, 5.41) is 6.15. The minimum Gasteiger partial charge on any atom is -0.361 e. The molecule has 154 valence electrons. The number of rotatable bonds is 2. The van der Waals surface area contributed by atoms with E-state index in [2.05, 4.69) is 10.6 Å². The van der Waals surface area contributed by atoms with E-state index in [1.54, 1.807) is 23.1 Å². The first-order chi connectivity index (χ1) is 13.5. The van der Waals surface area contributed by atoms with Crippen molar-refractivity contribution in [3.63, 3.8) is 0 Å². The van der Waals surface area contributed by atoms with Crippen LogP contribution in [0.4, 0.5) is 15.8 Å². The lowest BCUT2D eigenvalue weighted by atomic mass is 10.0. The minimum absolute atomic E-state index is 0. The maximum atomic E-state index is 13.7. The van der Waals surface area contributed by atoms with Crippen LogP contribution in [0.15, 0.2) is 42.5 Å². The molecule has 0 bridgehead atoms. The van der Waals surface area contributed by atoms with Gasteiger partial charge < -0.3 is 20.4 Å². The monoisotopic (exact) mass is 418 g/mol. The summed E-state index contributed by atoms with van der Waals surface area (Å²) in [5.74, 6) is -0.544. The fourth-order valence-corrected chi connectivity index (χ4v) is 3.82. The second kappa shape index (κ2) is 8.39. The number of benzene rings is 2. The lowest BCUT2D eigenvalue weighted by molar-refractivity contribution is -0.117. The Kier molecular flexibility index (Phi) is 6.10. The van der Waals surface area contributed by atoms with Crippen LogP contribution < -0.4 is 15.5 Å². The Morgan fingerprint density at radius 2 is 2.00 bits per heavy atom. The van der Waals surface area contributed by atoms with Crippen LogP contribution in [0.25, 0.3) is 0 Å². The Morgan fingerprint density at radius 3 is 2.76 bits per heavy atom. The SMILES string of the molecule is CC1C(=O)Nc2cc(C(=O)N3CCNCC3c3cccc(F)c3)ccc2N1C.Cl. The Bertz CT molecular complexity index is 939. The highest BCUT2D eigenvalue weighted by Crippen LogP contribution is 2.33. The summed E-state index contributed by atoms with van der Waals surface area (Å²) < 4.78 is 13.7. The number of hydrogen-bond donors (Lipinski definition) is 2. The van der Waals surface area contributed by atoms with Crippen LogP contribution in [0.1, 0.15) is 28.9 Å². The second-order valence-corrected chi connectivity index (χ2v) is 7.28. The van der Waals surface area contributed by atoms with E-state index < -0.39 is 0 Å². The van der Waals surface area contributed by atoms with Crippen LogP contribution in [0.2, 0.25) is 0 Å². The number of nitrogens with one attached hydrogen (secondary N) is 2. The molecular formula is C21H24ClFN4O2. The highest BCUT2D eigenvalue weighted by atomic mass is 35.5. The molecule has 4 rings (SSSR count). The molecule has 0 saturated carbocycles. The summed E-state index contributed by atoms with van der Waals surface area (Å²) in [6.45, 7) is 3.61. The van der Waals surface area contributed by atoms with E-state index in [1.807, 2.05) is 31.0 Å². The van der Waals surface area contributed by atoms with Gasteiger partial charge in [-0.05, 0) is 42.8 Å². The predicted molar refractivity (Wildman–Crippen MR) is 113 cm³/mol. The third-order valence-corrected chi connectivity index (χ3v) is 5.58. The van der Waals surface area contributed by atoms with E-state index in [0.717, 1.165) is 11.3 Å². The molecule has 29 heavy (non-hydrogen) atoms. The van der Waals surface area contributed by atoms with E-state index in [4.69, 9.17) is 0 Å². The van der Waals surface area contributed by atoms with Crippen molar-refractivity contribution in [3.8, 4) is 0 Å². The molecule has 2 aliphatic heterocycles. The summed E-state index contributed by atoms with van der Waals surface area (Å²) in [5.41, 5.74) is 2.78. The minimum atomic E-state index is -0.316. The molecule has 2 N–H and O–H groups in total. The zero-order valence-corrected chi connectivity index (χ0v) is 17.1. The van der Waals surface area contributed by atoms with Gasteiger partial charge in [0.15, 0.2) is 0 Å². The largest absolute Gasteiger partial charge is 0.361 e. The molecule has 6 nitrogen and oxygen atoms in total. The Balaban J connectivity index is 0.00000240. The Labute approximate surface area is 175 Å². The Hall–Kier alpha value is -2.64. The average Bonchev–Trinajstić information content (AvgIpc) is 2.71. The molecule has 0 aliphatic carbocycles. The summed E-state index contributed by atoms with van der Waals surface area (Å²) >= 11 is 0. The third-order valence-electron chi connectivity index (χ3n) is 5.58. The summed E-state index contributed by atoms with van der Waals surface area (Å²) in [7, 11) is 1.86. The molecule has 2 atom stereocenters. The number of nitrogens with zero attached hydrogens (tertiary/aromatic N) is 2. The van der Waals surface area contributed by atoms with Crippen LogP contribution in [-0.4, -0.2) is 49.4 Å². The maximum Gasteiger partial charge on any atom is 0.254 e. The number of hydrogen-bond acceptors (Lipinski definition) is 4. The van der Waals surface area contributed by atoms with Crippen molar-refractivity contribution >= 4 is 35.6 Å². The first kappa shape index (κ1) is 21.1. The smallest absolute Gasteiger partial charge is 0.254 e. The van der Waals surface area contributed by atoms with Gasteiger partial charge in [0.1, 0.15) is 11.9 Å². The normalized spacial score (nSPS) is 21.1. The highest BCUT2D eigenvalue weighted by molar-refractivity contribution is 6.05. The first-order valence-corrected chi connectivity index (χ1v) is 9.40. The summed E-state index contributed by atoms with van der Waals surface area (Å²) in [6, 6.07) is 11.2. The number of amides is 2. The van der Waals surface area contributed by atoms with Crippen LogP contribution >= 0.6 is 12.4 Å². The van der Waals surface area contributed by atoms with Crippen molar-refractivity contribution in [2.75, 3.05) is 36.9 Å². The van der Waals surface area contributed by atoms with Crippen LogP contribution in [0, 0.1) is 5.82 Å². The van der Waals surface area contributed by atoms with Gasteiger partial charge >= 0.3 is 0 Å². The van der Waals surface area contributed by atoms with Gasteiger partial charge in [-0.2, -0.15) is 0 Å². The predicted octanol–water partition coefficient (Wildman–Crippen LogP) is 2.81. The molecule has 2 aromatic rings. The molecule has 8 heteroatoms. The quantitative estimate of drug-likeness (QED) is 0.787. The van der Waals surface area contributed by atoms with Crippen molar-refractivity contribution in [2.45, 2.75) is 19.0 Å². The van der Waals surface area contributed by atoms with Gasteiger partial charge in [0.05, 0.1) is 17.4 Å². The maximum absolute atomic E-state index is 13.7. The van der Waals surface area contributed by atoms with Crippen molar-refractivity contribution in [1.29, 1.82) is 0 Å². The van der Waals surface area contributed by atoms with Crippen molar-refractivity contribution in [2.24, 2.45) is 0 Å². The summed E-state index contributed by atoms with van der Waals surface area (Å²) in [4.78, 5) is 29.0. The molecule has 2 amide bonds. The van der Waals surface area contributed by atoms with Crippen LogP contribution in [0.5, 0.6) is 0 Å². The number of fused-ring (bicyclic) bond motifs is 1. The zero-order valence-electron chi connectivity index (χ0n) is 16.3. The van der Waals surface area contributed by atoms with E-state index in [1.165, 1.54) is 12.1 Å². The molecule has 0 aromatic heterocycles. The first-order valence-electron chi connectivity index (χ1n) is 9.40. The van der Waals surface area contributed by atoms with Gasteiger partial charge in [-0.25, -0.2) is 4.39 Å². The second-order valence-electron chi connectivity index (χ2n) is 7.28. The van der Waals surface area contributed by atoms with E-state index >= 15 is 0 Å². The zero-order chi connectivity index (χ0) is 19.8. The topological polar surface area (TPSA) is 64.7 Å². The highest BCUT2D eigenvalue weighted by Gasteiger charge is 2.31. The summed E-state index contributed by atoms with van der Waals surface area (Å²) in [6.07, 6.45) is 0. The number of piperazine rings is 1. The molecule has 1 fully saturated rings. The van der Waals surface area contributed by atoms with E-state index in [-0.39, 0.29) is 42.1 Å². The molecule has 1 saturated heterocycles. The lowest BCUT2D eigenvalue weighted by Crippen LogP contribution is -2.48.